The number of nitrogens with zero attached hydrogens (tertiary/aromatic N) is 4. The van der Waals surface area contributed by atoms with Gasteiger partial charge in [0, 0.05) is 19.3 Å². The van der Waals surface area contributed by atoms with Gasteiger partial charge >= 0.3 is 0 Å². The zero-order valence-corrected chi connectivity index (χ0v) is 11.7. The number of nitrogens with one attached hydrogen (secondary N) is 1. The van der Waals surface area contributed by atoms with Crippen LogP contribution in [0.4, 0.5) is 0 Å². The molecular weight excluding hydrogens is 262 g/mol. The molecule has 1 saturated heterocycles. The molecule has 3 rings (SSSR count). The molecule has 2 aromatic rings. The van der Waals surface area contributed by atoms with E-state index in [1.807, 2.05) is 21.5 Å². The number of ether oxygens (including phenoxy) is 1. The summed E-state index contributed by atoms with van der Waals surface area (Å²) in [7, 11) is 0. The quantitative estimate of drug-likeness (QED) is 0.870. The van der Waals surface area contributed by atoms with Gasteiger partial charge in [0.2, 0.25) is 0 Å². The molecule has 0 aromatic carbocycles. The number of rotatable bonds is 4. The van der Waals surface area contributed by atoms with Crippen LogP contribution >= 0.6 is 12.2 Å². The second kappa shape index (κ2) is 5.26. The molecule has 1 unspecified atom stereocenters. The Morgan fingerprint density at radius 2 is 2.47 bits per heavy atom. The average Bonchev–Trinajstić information content (AvgIpc) is 3.12. The molecule has 1 atom stereocenters. The van der Waals surface area contributed by atoms with Gasteiger partial charge < -0.3 is 4.74 Å². The number of H-pyrrole nitrogens is 1. The van der Waals surface area contributed by atoms with Crippen molar-refractivity contribution in [2.24, 2.45) is 0 Å². The van der Waals surface area contributed by atoms with Crippen molar-refractivity contribution in [2.45, 2.75) is 39.0 Å². The Morgan fingerprint density at radius 1 is 1.58 bits per heavy atom. The third-order valence-electron chi connectivity index (χ3n) is 3.36. The Labute approximate surface area is 116 Å². The lowest BCUT2D eigenvalue weighted by Crippen LogP contribution is -2.16. The van der Waals surface area contributed by atoms with E-state index < -0.39 is 0 Å². The molecule has 1 fully saturated rings. The highest BCUT2D eigenvalue weighted by Crippen LogP contribution is 2.19. The van der Waals surface area contributed by atoms with Crippen molar-refractivity contribution in [1.29, 1.82) is 0 Å². The van der Waals surface area contributed by atoms with Crippen LogP contribution in [0.25, 0.3) is 11.5 Å². The van der Waals surface area contributed by atoms with Crippen LogP contribution in [0.15, 0.2) is 12.3 Å². The average molecular weight is 279 g/mol. The lowest BCUT2D eigenvalue weighted by atomic mass is 10.2. The Hall–Kier alpha value is -1.47. The standard InChI is InChI=1S/C12H17N5OS/c1-2-16-6-5-10(15-16)11-13-14-12(19)17(11)8-9-4-3-7-18-9/h5-6,9H,2-4,7-8H2,1H3,(H,14,19). The molecule has 6 nitrogen and oxygen atoms in total. The number of hydrogen-bond donors (Lipinski definition) is 1. The molecule has 0 radical (unpaired) electrons. The van der Waals surface area contributed by atoms with Gasteiger partial charge in [-0.1, -0.05) is 0 Å². The molecule has 1 aliphatic heterocycles. The molecule has 0 spiro atoms. The van der Waals surface area contributed by atoms with Gasteiger partial charge in [0.1, 0.15) is 5.69 Å². The van der Waals surface area contributed by atoms with Crippen LogP contribution in [0.2, 0.25) is 0 Å². The normalized spacial score (nSPS) is 19.1. The van der Waals surface area contributed by atoms with E-state index in [1.165, 1.54) is 0 Å². The van der Waals surface area contributed by atoms with E-state index in [2.05, 4.69) is 22.2 Å². The maximum absolute atomic E-state index is 5.66. The van der Waals surface area contributed by atoms with E-state index in [1.54, 1.807) is 0 Å². The lowest BCUT2D eigenvalue weighted by molar-refractivity contribution is 0.0969. The van der Waals surface area contributed by atoms with E-state index in [4.69, 9.17) is 17.0 Å². The smallest absolute Gasteiger partial charge is 0.195 e. The molecule has 2 aromatic heterocycles. The minimum atomic E-state index is 0.233. The minimum absolute atomic E-state index is 0.233. The van der Waals surface area contributed by atoms with Crippen LogP contribution < -0.4 is 0 Å². The molecular formula is C12H17N5OS. The Balaban J connectivity index is 1.90. The number of hydrogen-bond acceptors (Lipinski definition) is 4. The third-order valence-corrected chi connectivity index (χ3v) is 3.67. The number of aryl methyl sites for hydroxylation is 1. The molecule has 19 heavy (non-hydrogen) atoms. The molecule has 102 valence electrons. The van der Waals surface area contributed by atoms with Crippen molar-refractivity contribution in [3.05, 3.63) is 17.0 Å². The fourth-order valence-electron chi connectivity index (χ4n) is 2.33. The zero-order chi connectivity index (χ0) is 13.2. The fourth-order valence-corrected chi connectivity index (χ4v) is 2.54. The van der Waals surface area contributed by atoms with Gasteiger partial charge in [0.15, 0.2) is 10.6 Å². The highest BCUT2D eigenvalue weighted by atomic mass is 32.1. The second-order valence-electron chi connectivity index (χ2n) is 4.65. The summed E-state index contributed by atoms with van der Waals surface area (Å²) in [5.74, 6) is 0.785. The Morgan fingerprint density at radius 3 is 3.16 bits per heavy atom. The van der Waals surface area contributed by atoms with Crippen molar-refractivity contribution < 1.29 is 4.74 Å². The topological polar surface area (TPSA) is 60.7 Å². The predicted octanol–water partition coefficient (Wildman–Crippen LogP) is 2.00. The summed E-state index contributed by atoms with van der Waals surface area (Å²) >= 11 is 5.30. The second-order valence-corrected chi connectivity index (χ2v) is 5.04. The van der Waals surface area contributed by atoms with Crippen molar-refractivity contribution in [2.75, 3.05) is 6.61 Å². The first-order chi connectivity index (χ1) is 9.28. The first-order valence-electron chi connectivity index (χ1n) is 6.58. The van der Waals surface area contributed by atoms with Gasteiger partial charge in [-0.25, -0.2) is 0 Å². The summed E-state index contributed by atoms with van der Waals surface area (Å²) in [6, 6.07) is 1.96. The molecule has 1 N–H and O–H groups in total. The molecule has 0 saturated carbocycles. The van der Waals surface area contributed by atoms with Crippen molar-refractivity contribution in [1.82, 2.24) is 24.5 Å². The van der Waals surface area contributed by atoms with E-state index in [-0.39, 0.29) is 6.10 Å². The summed E-state index contributed by atoms with van der Waals surface area (Å²) in [5, 5.41) is 11.6. The maximum Gasteiger partial charge on any atom is 0.195 e. The molecule has 0 amide bonds. The van der Waals surface area contributed by atoms with E-state index in [9.17, 15) is 0 Å². The first kappa shape index (κ1) is 12.6. The molecule has 0 aliphatic carbocycles. The lowest BCUT2D eigenvalue weighted by Gasteiger charge is -2.11. The largest absolute Gasteiger partial charge is 0.376 e. The van der Waals surface area contributed by atoms with Gasteiger partial charge in [-0.05, 0) is 38.0 Å². The van der Waals surface area contributed by atoms with Crippen LogP contribution in [0.5, 0.6) is 0 Å². The highest BCUT2D eigenvalue weighted by Gasteiger charge is 2.19. The number of aromatic nitrogens is 5. The van der Waals surface area contributed by atoms with Crippen LogP contribution in [0.3, 0.4) is 0 Å². The van der Waals surface area contributed by atoms with Gasteiger partial charge in [-0.2, -0.15) is 10.2 Å². The van der Waals surface area contributed by atoms with E-state index in [0.717, 1.165) is 44.1 Å². The van der Waals surface area contributed by atoms with Crippen LogP contribution in [-0.2, 0) is 17.8 Å². The monoisotopic (exact) mass is 279 g/mol. The third kappa shape index (κ3) is 2.48. The van der Waals surface area contributed by atoms with Gasteiger partial charge in [-0.3, -0.25) is 14.3 Å². The van der Waals surface area contributed by atoms with Gasteiger partial charge in [-0.15, -0.1) is 0 Å². The number of aromatic amines is 1. The molecule has 0 bridgehead atoms. The summed E-state index contributed by atoms with van der Waals surface area (Å²) in [6.07, 6.45) is 4.38. The van der Waals surface area contributed by atoms with Crippen molar-refractivity contribution in [3.63, 3.8) is 0 Å². The Kier molecular flexibility index (Phi) is 3.48. The van der Waals surface area contributed by atoms with Crippen LogP contribution in [0, 0.1) is 4.77 Å². The Bertz CT molecular complexity index is 608. The molecule has 7 heteroatoms. The van der Waals surface area contributed by atoms with Crippen LogP contribution in [-0.4, -0.2) is 37.3 Å². The minimum Gasteiger partial charge on any atom is -0.376 e. The highest BCUT2D eigenvalue weighted by molar-refractivity contribution is 7.71. The van der Waals surface area contributed by atoms with Crippen LogP contribution in [0.1, 0.15) is 19.8 Å². The summed E-state index contributed by atoms with van der Waals surface area (Å²) in [6.45, 7) is 4.48. The summed E-state index contributed by atoms with van der Waals surface area (Å²) < 4.78 is 10.1. The maximum atomic E-state index is 5.66. The summed E-state index contributed by atoms with van der Waals surface area (Å²) in [5.41, 5.74) is 0.840. The fraction of sp³-hybridized carbons (Fsp3) is 0.583. The predicted molar refractivity (Wildman–Crippen MR) is 73.3 cm³/mol. The van der Waals surface area contributed by atoms with E-state index >= 15 is 0 Å². The molecule has 1 aliphatic rings. The molecule has 3 heterocycles. The van der Waals surface area contributed by atoms with Crippen molar-refractivity contribution >= 4 is 12.2 Å². The summed E-state index contributed by atoms with van der Waals surface area (Å²) in [4.78, 5) is 0. The zero-order valence-electron chi connectivity index (χ0n) is 10.9. The van der Waals surface area contributed by atoms with Gasteiger partial charge in [0.05, 0.1) is 12.6 Å². The SMILES string of the molecule is CCn1ccc(-c2n[nH]c(=S)n2CC2CCCO2)n1. The van der Waals surface area contributed by atoms with Gasteiger partial charge in [0.25, 0.3) is 0 Å². The van der Waals surface area contributed by atoms with Crippen molar-refractivity contribution in [3.8, 4) is 11.5 Å². The first-order valence-corrected chi connectivity index (χ1v) is 6.99. The van der Waals surface area contributed by atoms with E-state index in [0.29, 0.717) is 4.77 Å².